The minimum atomic E-state index is 1.20. The molecule has 1 aliphatic carbocycles. The van der Waals surface area contributed by atoms with Gasteiger partial charge < -0.3 is 0 Å². The molecule has 0 fully saturated rings. The molecule has 0 heteroatoms. The number of hydrogen-bond acceptors (Lipinski definition) is 0. The summed E-state index contributed by atoms with van der Waals surface area (Å²) in [7, 11) is 0. The predicted octanol–water partition coefficient (Wildman–Crippen LogP) is 8.35. The van der Waals surface area contributed by atoms with Crippen molar-refractivity contribution in [1.29, 1.82) is 0 Å². The molecule has 0 heterocycles. The fraction of sp³-hybridized carbons (Fsp3) is 0.385. The van der Waals surface area contributed by atoms with Crippen molar-refractivity contribution in [3.05, 3.63) is 97.2 Å². The van der Waals surface area contributed by atoms with Crippen LogP contribution >= 0.6 is 0 Å². The van der Waals surface area contributed by atoms with Gasteiger partial charge in [-0.1, -0.05) is 136 Å². The molecule has 0 nitrogen and oxygen atoms in total. The normalized spacial score (nSPS) is 27.7. The van der Waals surface area contributed by atoms with E-state index >= 15 is 0 Å². The third kappa shape index (κ3) is 16.8. The van der Waals surface area contributed by atoms with E-state index in [1.165, 1.54) is 64.2 Å². The van der Waals surface area contributed by atoms with Gasteiger partial charge in [0.1, 0.15) is 0 Å². The number of allylic oxidation sites excluding steroid dienone is 16. The van der Waals surface area contributed by atoms with Gasteiger partial charge in [0.2, 0.25) is 0 Å². The van der Waals surface area contributed by atoms with E-state index in [0.29, 0.717) is 0 Å². The summed E-state index contributed by atoms with van der Waals surface area (Å²) in [4.78, 5) is 0. The molecule has 0 saturated heterocycles. The van der Waals surface area contributed by atoms with Gasteiger partial charge in [-0.05, 0) is 25.7 Å². The van der Waals surface area contributed by atoms with Crippen molar-refractivity contribution < 1.29 is 0 Å². The second-order valence-electron chi connectivity index (χ2n) is 6.57. The predicted molar refractivity (Wildman–Crippen MR) is 119 cm³/mol. The van der Waals surface area contributed by atoms with Crippen LogP contribution in [0.5, 0.6) is 0 Å². The Labute approximate surface area is 161 Å². The summed E-state index contributed by atoms with van der Waals surface area (Å²) in [6.45, 7) is 0. The Morgan fingerprint density at radius 2 is 0.462 bits per heavy atom. The summed E-state index contributed by atoms with van der Waals surface area (Å²) in [5.74, 6) is 0. The van der Waals surface area contributed by atoms with E-state index in [-0.39, 0.29) is 0 Å². The molecule has 0 aliphatic heterocycles. The Morgan fingerprint density at radius 1 is 0.231 bits per heavy atom. The molecule has 0 amide bonds. The zero-order chi connectivity index (χ0) is 18.4. The van der Waals surface area contributed by atoms with Gasteiger partial charge in [-0.3, -0.25) is 0 Å². The summed E-state index contributed by atoms with van der Waals surface area (Å²) < 4.78 is 0. The van der Waals surface area contributed by atoms with E-state index in [0.717, 1.165) is 0 Å². The van der Waals surface area contributed by atoms with E-state index < -0.39 is 0 Å². The highest BCUT2D eigenvalue weighted by molar-refractivity contribution is 5.21. The minimum absolute atomic E-state index is 1.20. The largest absolute Gasteiger partial charge is 0.0845 e. The van der Waals surface area contributed by atoms with Gasteiger partial charge in [-0.25, -0.2) is 0 Å². The highest BCUT2D eigenvalue weighted by Gasteiger charge is 1.91. The molecule has 0 atom stereocenters. The van der Waals surface area contributed by atoms with Crippen molar-refractivity contribution >= 4 is 0 Å². The quantitative estimate of drug-likeness (QED) is 0.412. The van der Waals surface area contributed by atoms with Gasteiger partial charge >= 0.3 is 0 Å². The first-order valence-corrected chi connectivity index (χ1v) is 10.3. The topological polar surface area (TPSA) is 0 Å². The van der Waals surface area contributed by atoms with E-state index in [1.807, 2.05) is 36.5 Å². The molecular formula is C26H36. The molecule has 0 radical (unpaired) electrons. The second-order valence-corrected chi connectivity index (χ2v) is 6.57. The van der Waals surface area contributed by atoms with Crippen molar-refractivity contribution in [1.82, 2.24) is 0 Å². The molecule has 0 unspecified atom stereocenters. The lowest BCUT2D eigenvalue weighted by Crippen LogP contribution is -1.81. The van der Waals surface area contributed by atoms with Crippen molar-refractivity contribution in [3.63, 3.8) is 0 Å². The zero-order valence-corrected chi connectivity index (χ0v) is 16.3. The Morgan fingerprint density at radius 3 is 0.769 bits per heavy atom. The molecule has 0 aromatic heterocycles. The van der Waals surface area contributed by atoms with Gasteiger partial charge in [0, 0.05) is 0 Å². The smallest absolute Gasteiger partial charge is 0.0348 e. The summed E-state index contributed by atoms with van der Waals surface area (Å²) in [5.41, 5.74) is 0. The van der Waals surface area contributed by atoms with Crippen LogP contribution in [0.2, 0.25) is 0 Å². The summed E-state index contributed by atoms with van der Waals surface area (Å²) in [5, 5.41) is 0. The molecule has 0 aromatic rings. The molecular weight excluding hydrogens is 312 g/mol. The van der Waals surface area contributed by atoms with Crippen molar-refractivity contribution in [2.45, 2.75) is 64.2 Å². The van der Waals surface area contributed by atoms with E-state index in [2.05, 4.69) is 60.8 Å². The van der Waals surface area contributed by atoms with Crippen molar-refractivity contribution in [3.8, 4) is 0 Å². The number of hydrogen-bond donors (Lipinski definition) is 0. The Bertz CT molecular complexity index is 482. The SMILES string of the molecule is C1=CCCCCCCCCCC/C=C/C=C\C=C\C=C\C=C\C=C/C=C/1. The maximum Gasteiger partial charge on any atom is -0.0348 e. The van der Waals surface area contributed by atoms with Crippen molar-refractivity contribution in [2.75, 3.05) is 0 Å². The van der Waals surface area contributed by atoms with Crippen LogP contribution in [0.1, 0.15) is 64.2 Å². The molecule has 140 valence electrons. The average Bonchev–Trinajstić information content (AvgIpc) is 2.65. The Balaban J connectivity index is 2.39. The third-order valence-corrected chi connectivity index (χ3v) is 4.21. The average molecular weight is 349 g/mol. The molecule has 0 saturated carbocycles. The highest BCUT2D eigenvalue weighted by atomic mass is 14.0. The monoisotopic (exact) mass is 348 g/mol. The maximum absolute atomic E-state index is 2.28. The van der Waals surface area contributed by atoms with Crippen LogP contribution in [0.3, 0.4) is 0 Å². The molecule has 0 aromatic carbocycles. The van der Waals surface area contributed by atoms with Crippen LogP contribution in [-0.2, 0) is 0 Å². The highest BCUT2D eigenvalue weighted by Crippen LogP contribution is 2.11. The van der Waals surface area contributed by atoms with Gasteiger partial charge in [-0.2, -0.15) is 0 Å². The first-order valence-electron chi connectivity index (χ1n) is 10.3. The minimum Gasteiger partial charge on any atom is -0.0845 e. The van der Waals surface area contributed by atoms with E-state index in [9.17, 15) is 0 Å². The molecule has 0 spiro atoms. The van der Waals surface area contributed by atoms with Gasteiger partial charge in [0.15, 0.2) is 0 Å². The van der Waals surface area contributed by atoms with Crippen LogP contribution < -0.4 is 0 Å². The summed E-state index contributed by atoms with van der Waals surface area (Å²) in [6.07, 6.45) is 47.0. The van der Waals surface area contributed by atoms with Crippen LogP contribution in [0.25, 0.3) is 0 Å². The van der Waals surface area contributed by atoms with Crippen LogP contribution in [0.15, 0.2) is 97.2 Å². The van der Waals surface area contributed by atoms with Gasteiger partial charge in [0.25, 0.3) is 0 Å². The molecule has 0 bridgehead atoms. The Hall–Kier alpha value is -2.08. The van der Waals surface area contributed by atoms with Crippen LogP contribution in [-0.4, -0.2) is 0 Å². The zero-order valence-electron chi connectivity index (χ0n) is 16.3. The molecule has 1 rings (SSSR count). The number of rotatable bonds is 0. The molecule has 1 aliphatic rings. The van der Waals surface area contributed by atoms with E-state index in [1.54, 1.807) is 0 Å². The summed E-state index contributed by atoms with van der Waals surface area (Å²) >= 11 is 0. The molecule has 0 N–H and O–H groups in total. The first-order chi connectivity index (χ1) is 13.0. The van der Waals surface area contributed by atoms with Crippen molar-refractivity contribution in [2.24, 2.45) is 0 Å². The third-order valence-electron chi connectivity index (χ3n) is 4.21. The molecule has 26 heavy (non-hydrogen) atoms. The van der Waals surface area contributed by atoms with Gasteiger partial charge in [0.05, 0.1) is 0 Å². The van der Waals surface area contributed by atoms with E-state index in [4.69, 9.17) is 0 Å². The van der Waals surface area contributed by atoms with Gasteiger partial charge in [-0.15, -0.1) is 0 Å². The Kier molecular flexibility index (Phi) is 16.3. The van der Waals surface area contributed by atoms with Crippen LogP contribution in [0, 0.1) is 0 Å². The summed E-state index contributed by atoms with van der Waals surface area (Å²) in [6, 6.07) is 0. The maximum atomic E-state index is 2.28. The fourth-order valence-corrected chi connectivity index (χ4v) is 2.70. The fourth-order valence-electron chi connectivity index (χ4n) is 2.70. The second kappa shape index (κ2) is 19.2. The first kappa shape index (κ1) is 22.0. The standard InChI is InChI=1S/C26H36/c1-2-4-6-8-10-12-14-16-18-20-22-24-26-25-23-21-19-17-15-13-11-9-7-5-3-1/h1-16H,17-26H2/b3-1+,4-2+,7-5-,8-6+,11-9+,12-10-,15-13?,16-14+. The lowest BCUT2D eigenvalue weighted by molar-refractivity contribution is 0.571. The lowest BCUT2D eigenvalue weighted by Gasteiger charge is -2.00. The van der Waals surface area contributed by atoms with Crippen LogP contribution in [0.4, 0.5) is 0 Å². The lowest BCUT2D eigenvalue weighted by atomic mass is 10.1.